The van der Waals surface area contributed by atoms with Crippen molar-refractivity contribution < 1.29 is 0 Å². The van der Waals surface area contributed by atoms with Gasteiger partial charge in [0.2, 0.25) is 0 Å². The summed E-state index contributed by atoms with van der Waals surface area (Å²) in [6.07, 6.45) is 4.02. The van der Waals surface area contributed by atoms with Crippen molar-refractivity contribution in [3.8, 4) is 0 Å². The summed E-state index contributed by atoms with van der Waals surface area (Å²) in [6, 6.07) is 0. The van der Waals surface area contributed by atoms with E-state index in [2.05, 4.69) is 22.3 Å². The monoisotopic (exact) mass is 208 g/mol. The van der Waals surface area contributed by atoms with Gasteiger partial charge in [0, 0.05) is 17.8 Å². The Morgan fingerprint density at radius 2 is 2.50 bits per heavy atom. The Morgan fingerprint density at radius 3 is 3.07 bits per heavy atom. The van der Waals surface area contributed by atoms with Gasteiger partial charge in [-0.05, 0) is 19.8 Å². The predicted molar refractivity (Wildman–Crippen MR) is 62.0 cm³/mol. The molecule has 2 rings (SSSR count). The number of anilines is 1. The molecule has 76 valence electrons. The van der Waals surface area contributed by atoms with Crippen molar-refractivity contribution in [1.82, 2.24) is 4.98 Å². The fourth-order valence-corrected chi connectivity index (χ4v) is 2.28. The van der Waals surface area contributed by atoms with Crippen LogP contribution in [0, 0.1) is 0 Å². The fraction of sp³-hybridized carbons (Fsp3) is 0.545. The standard InChI is InChI=1S/C11H16N2S/c1-8(2)6-12-11-13-10(7-14-11)9-4-3-5-9/h7,9H,1,3-6H2,2H3,(H,12,13). The van der Waals surface area contributed by atoms with E-state index in [9.17, 15) is 0 Å². The number of nitrogens with one attached hydrogen (secondary N) is 1. The minimum atomic E-state index is 0.742. The molecule has 0 atom stereocenters. The van der Waals surface area contributed by atoms with Crippen molar-refractivity contribution in [2.75, 3.05) is 11.9 Å². The van der Waals surface area contributed by atoms with E-state index in [0.717, 1.165) is 23.2 Å². The molecule has 1 aliphatic rings. The Kier molecular flexibility index (Phi) is 2.87. The Labute approximate surface area is 89.1 Å². The van der Waals surface area contributed by atoms with Gasteiger partial charge >= 0.3 is 0 Å². The smallest absolute Gasteiger partial charge is 0.183 e. The van der Waals surface area contributed by atoms with Crippen LogP contribution >= 0.6 is 11.3 Å². The molecule has 0 bridgehead atoms. The summed E-state index contributed by atoms with van der Waals surface area (Å²) in [6.45, 7) is 6.71. The molecule has 1 aromatic rings. The van der Waals surface area contributed by atoms with Crippen molar-refractivity contribution >= 4 is 16.5 Å². The SMILES string of the molecule is C=C(C)CNc1nc(C2CCC2)cs1. The molecule has 14 heavy (non-hydrogen) atoms. The van der Waals surface area contributed by atoms with Crippen LogP contribution in [0.25, 0.3) is 0 Å². The highest BCUT2D eigenvalue weighted by Crippen LogP contribution is 2.37. The first kappa shape index (κ1) is 9.71. The molecule has 1 N–H and O–H groups in total. The van der Waals surface area contributed by atoms with Crippen LogP contribution in [0.1, 0.15) is 37.8 Å². The van der Waals surface area contributed by atoms with Crippen LogP contribution in [0.5, 0.6) is 0 Å². The lowest BCUT2D eigenvalue weighted by Gasteiger charge is -2.22. The molecule has 0 radical (unpaired) electrons. The molecule has 1 aliphatic carbocycles. The lowest BCUT2D eigenvalue weighted by Crippen LogP contribution is -2.09. The van der Waals surface area contributed by atoms with Crippen molar-refractivity contribution in [3.05, 3.63) is 23.2 Å². The summed E-state index contributed by atoms with van der Waals surface area (Å²) in [5, 5.41) is 6.50. The molecule has 0 saturated heterocycles. The molecule has 0 unspecified atom stereocenters. The second kappa shape index (κ2) is 4.13. The summed E-state index contributed by atoms with van der Waals surface area (Å²) in [4.78, 5) is 4.57. The zero-order chi connectivity index (χ0) is 9.97. The number of aromatic nitrogens is 1. The van der Waals surface area contributed by atoms with E-state index in [0.29, 0.717) is 0 Å². The zero-order valence-electron chi connectivity index (χ0n) is 8.55. The van der Waals surface area contributed by atoms with Gasteiger partial charge in [-0.3, -0.25) is 0 Å². The third kappa shape index (κ3) is 2.15. The second-order valence-corrected chi connectivity index (χ2v) is 4.87. The lowest BCUT2D eigenvalue weighted by molar-refractivity contribution is 0.413. The third-order valence-electron chi connectivity index (χ3n) is 2.59. The number of hydrogen-bond donors (Lipinski definition) is 1. The normalized spacial score (nSPS) is 16.4. The average molecular weight is 208 g/mol. The van der Waals surface area contributed by atoms with Crippen LogP contribution in [0.4, 0.5) is 5.13 Å². The molecule has 0 spiro atoms. The first-order chi connectivity index (χ1) is 6.75. The van der Waals surface area contributed by atoms with E-state index < -0.39 is 0 Å². The molecule has 1 fully saturated rings. The van der Waals surface area contributed by atoms with Crippen molar-refractivity contribution in [2.24, 2.45) is 0 Å². The number of thiazole rings is 1. The molecule has 1 saturated carbocycles. The predicted octanol–water partition coefficient (Wildman–Crippen LogP) is 3.40. The van der Waals surface area contributed by atoms with E-state index in [1.54, 1.807) is 11.3 Å². The topological polar surface area (TPSA) is 24.9 Å². The van der Waals surface area contributed by atoms with Gasteiger partial charge in [-0.15, -0.1) is 11.3 Å². The third-order valence-corrected chi connectivity index (χ3v) is 3.41. The minimum absolute atomic E-state index is 0.742. The van der Waals surface area contributed by atoms with Gasteiger partial charge in [0.15, 0.2) is 5.13 Å². The van der Waals surface area contributed by atoms with Gasteiger partial charge in [0.1, 0.15) is 0 Å². The van der Waals surface area contributed by atoms with Gasteiger partial charge in [0.25, 0.3) is 0 Å². The number of rotatable bonds is 4. The Bertz CT molecular complexity index is 326. The summed E-state index contributed by atoms with van der Waals surface area (Å²) in [7, 11) is 0. The highest BCUT2D eigenvalue weighted by atomic mass is 32.1. The molecule has 0 aromatic carbocycles. The molecular weight excluding hydrogens is 192 g/mol. The maximum Gasteiger partial charge on any atom is 0.183 e. The van der Waals surface area contributed by atoms with Gasteiger partial charge in [0.05, 0.1) is 5.69 Å². The van der Waals surface area contributed by atoms with E-state index >= 15 is 0 Å². The van der Waals surface area contributed by atoms with E-state index in [1.165, 1.54) is 25.0 Å². The number of hydrogen-bond acceptors (Lipinski definition) is 3. The Hall–Kier alpha value is -0.830. The fourth-order valence-electron chi connectivity index (χ4n) is 1.49. The van der Waals surface area contributed by atoms with Gasteiger partial charge < -0.3 is 5.32 Å². The number of nitrogens with zero attached hydrogens (tertiary/aromatic N) is 1. The highest BCUT2D eigenvalue weighted by molar-refractivity contribution is 7.13. The van der Waals surface area contributed by atoms with E-state index in [1.807, 2.05) is 6.92 Å². The molecular formula is C11H16N2S. The summed E-state index contributed by atoms with van der Waals surface area (Å²) < 4.78 is 0. The highest BCUT2D eigenvalue weighted by Gasteiger charge is 2.21. The van der Waals surface area contributed by atoms with Crippen LogP contribution in [0.15, 0.2) is 17.5 Å². The molecule has 0 amide bonds. The molecule has 0 aliphatic heterocycles. The Balaban J connectivity index is 1.92. The Morgan fingerprint density at radius 1 is 1.71 bits per heavy atom. The zero-order valence-corrected chi connectivity index (χ0v) is 9.36. The van der Waals surface area contributed by atoms with E-state index in [4.69, 9.17) is 0 Å². The lowest BCUT2D eigenvalue weighted by atomic mass is 9.83. The molecule has 3 heteroatoms. The first-order valence-electron chi connectivity index (χ1n) is 5.09. The average Bonchev–Trinajstić information content (AvgIpc) is 2.46. The van der Waals surface area contributed by atoms with Gasteiger partial charge in [-0.2, -0.15) is 0 Å². The van der Waals surface area contributed by atoms with Crippen molar-refractivity contribution in [3.63, 3.8) is 0 Å². The van der Waals surface area contributed by atoms with Crippen LogP contribution < -0.4 is 5.32 Å². The van der Waals surface area contributed by atoms with Crippen LogP contribution in [-0.4, -0.2) is 11.5 Å². The molecule has 1 aromatic heterocycles. The largest absolute Gasteiger partial charge is 0.358 e. The van der Waals surface area contributed by atoms with Gasteiger partial charge in [-0.25, -0.2) is 4.98 Å². The van der Waals surface area contributed by atoms with Gasteiger partial charge in [-0.1, -0.05) is 18.6 Å². The maximum absolute atomic E-state index is 4.57. The molecule has 2 nitrogen and oxygen atoms in total. The maximum atomic E-state index is 4.57. The first-order valence-corrected chi connectivity index (χ1v) is 5.97. The van der Waals surface area contributed by atoms with Crippen LogP contribution in [0.2, 0.25) is 0 Å². The summed E-state index contributed by atoms with van der Waals surface area (Å²) in [5.74, 6) is 0.742. The second-order valence-electron chi connectivity index (χ2n) is 4.02. The quantitative estimate of drug-likeness (QED) is 0.767. The van der Waals surface area contributed by atoms with E-state index in [-0.39, 0.29) is 0 Å². The van der Waals surface area contributed by atoms with Crippen LogP contribution in [0.3, 0.4) is 0 Å². The minimum Gasteiger partial charge on any atom is -0.358 e. The van der Waals surface area contributed by atoms with Crippen molar-refractivity contribution in [2.45, 2.75) is 32.1 Å². The summed E-state index contributed by atoms with van der Waals surface area (Å²) >= 11 is 1.71. The van der Waals surface area contributed by atoms with Crippen molar-refractivity contribution in [1.29, 1.82) is 0 Å². The molecule has 1 heterocycles. The summed E-state index contributed by atoms with van der Waals surface area (Å²) in [5.41, 5.74) is 2.43. The van der Waals surface area contributed by atoms with Crippen LogP contribution in [-0.2, 0) is 0 Å².